The van der Waals surface area contributed by atoms with E-state index in [4.69, 9.17) is 5.11 Å². The molecule has 0 saturated carbocycles. The Hall–Kier alpha value is -1.50. The van der Waals surface area contributed by atoms with Crippen LogP contribution in [-0.2, 0) is 16.0 Å². The second-order valence-electron chi connectivity index (χ2n) is 3.97. The molecular weight excluding hydrogens is 242 g/mol. The van der Waals surface area contributed by atoms with E-state index in [9.17, 15) is 9.59 Å². The summed E-state index contributed by atoms with van der Waals surface area (Å²) in [5, 5.41) is 18.2. The number of anilines is 1. The van der Waals surface area contributed by atoms with Gasteiger partial charge < -0.3 is 5.11 Å². The number of nitrogens with zero attached hydrogens (tertiary/aromatic N) is 3. The third-order valence-corrected chi connectivity index (χ3v) is 3.63. The third-order valence-electron chi connectivity index (χ3n) is 2.63. The molecule has 0 spiro atoms. The molecule has 1 saturated heterocycles. The third kappa shape index (κ3) is 2.44. The minimum absolute atomic E-state index is 0.0536. The van der Waals surface area contributed by atoms with Crippen molar-refractivity contribution >= 4 is 28.3 Å². The van der Waals surface area contributed by atoms with Crippen LogP contribution in [0, 0.1) is 5.92 Å². The first-order chi connectivity index (χ1) is 8.11. The normalized spacial score (nSPS) is 19.9. The van der Waals surface area contributed by atoms with Crippen LogP contribution < -0.4 is 4.90 Å². The summed E-state index contributed by atoms with van der Waals surface area (Å²) in [6.45, 7) is 2.25. The molecule has 2 rings (SSSR count). The molecule has 1 aromatic rings. The van der Waals surface area contributed by atoms with Gasteiger partial charge >= 0.3 is 5.97 Å². The number of hydrogen-bond acceptors (Lipinski definition) is 5. The molecule has 0 aliphatic carbocycles. The first-order valence-electron chi connectivity index (χ1n) is 5.47. The Labute approximate surface area is 102 Å². The van der Waals surface area contributed by atoms with Crippen LogP contribution in [0.4, 0.5) is 5.13 Å². The quantitative estimate of drug-likeness (QED) is 0.865. The summed E-state index contributed by atoms with van der Waals surface area (Å²) in [4.78, 5) is 23.9. The molecule has 0 unspecified atom stereocenters. The second kappa shape index (κ2) is 4.79. The largest absolute Gasteiger partial charge is 0.481 e. The molecule has 0 radical (unpaired) electrons. The Bertz CT molecular complexity index is 446. The molecule has 1 aliphatic heterocycles. The summed E-state index contributed by atoms with van der Waals surface area (Å²) in [5.74, 6) is -1.74. The monoisotopic (exact) mass is 255 g/mol. The van der Waals surface area contributed by atoms with Gasteiger partial charge in [-0.1, -0.05) is 18.3 Å². The SMILES string of the molecule is CCCc1nnc(N2C[C@@H](C(=O)O)CC2=O)s1. The lowest BCUT2D eigenvalue weighted by atomic mass is 10.1. The highest BCUT2D eigenvalue weighted by Gasteiger charge is 2.36. The van der Waals surface area contributed by atoms with Crippen LogP contribution in [0.15, 0.2) is 0 Å². The number of aromatic nitrogens is 2. The van der Waals surface area contributed by atoms with E-state index in [-0.39, 0.29) is 18.9 Å². The molecule has 1 amide bonds. The van der Waals surface area contributed by atoms with E-state index < -0.39 is 11.9 Å². The molecule has 17 heavy (non-hydrogen) atoms. The van der Waals surface area contributed by atoms with Gasteiger partial charge in [0.2, 0.25) is 11.0 Å². The van der Waals surface area contributed by atoms with Gasteiger partial charge in [-0.2, -0.15) is 0 Å². The van der Waals surface area contributed by atoms with Crippen LogP contribution in [0.5, 0.6) is 0 Å². The molecule has 0 aromatic carbocycles. The Morgan fingerprint density at radius 1 is 1.59 bits per heavy atom. The first kappa shape index (κ1) is 12.0. The number of aryl methyl sites for hydroxylation is 1. The van der Waals surface area contributed by atoms with Crippen LogP contribution in [0.25, 0.3) is 0 Å². The Morgan fingerprint density at radius 3 is 2.94 bits per heavy atom. The number of rotatable bonds is 4. The predicted octanol–water partition coefficient (Wildman–Crippen LogP) is 0.928. The van der Waals surface area contributed by atoms with Gasteiger partial charge in [-0.25, -0.2) is 0 Å². The molecule has 1 aliphatic rings. The van der Waals surface area contributed by atoms with E-state index in [1.165, 1.54) is 16.2 Å². The summed E-state index contributed by atoms with van der Waals surface area (Å²) in [6.07, 6.45) is 1.86. The standard InChI is InChI=1S/C10H13N3O3S/c1-2-3-7-11-12-10(17-7)13-5-6(9(15)16)4-8(13)14/h6H,2-5H2,1H3,(H,15,16)/t6-/m0/s1. The maximum Gasteiger partial charge on any atom is 0.308 e. The number of hydrogen-bond donors (Lipinski definition) is 1. The van der Waals surface area contributed by atoms with E-state index in [0.717, 1.165) is 17.8 Å². The summed E-state index contributed by atoms with van der Waals surface area (Å²) in [7, 11) is 0. The lowest BCUT2D eigenvalue weighted by Crippen LogP contribution is -2.25. The molecule has 0 bridgehead atoms. The summed E-state index contributed by atoms with van der Waals surface area (Å²) in [6, 6.07) is 0. The fraction of sp³-hybridized carbons (Fsp3) is 0.600. The average molecular weight is 255 g/mol. The zero-order valence-electron chi connectivity index (χ0n) is 9.42. The molecule has 1 fully saturated rings. The molecule has 6 nitrogen and oxygen atoms in total. The second-order valence-corrected chi connectivity index (χ2v) is 5.01. The van der Waals surface area contributed by atoms with Crippen molar-refractivity contribution in [2.45, 2.75) is 26.2 Å². The smallest absolute Gasteiger partial charge is 0.308 e. The van der Waals surface area contributed by atoms with Crippen molar-refractivity contribution in [3.63, 3.8) is 0 Å². The van der Waals surface area contributed by atoms with Gasteiger partial charge in [0.05, 0.1) is 5.92 Å². The summed E-state index contributed by atoms with van der Waals surface area (Å²) in [5.41, 5.74) is 0. The number of amides is 1. The maximum absolute atomic E-state index is 11.7. The summed E-state index contributed by atoms with van der Waals surface area (Å²) < 4.78 is 0. The average Bonchev–Trinajstić information content (AvgIpc) is 2.85. The highest BCUT2D eigenvalue weighted by atomic mass is 32.1. The number of carbonyl (C=O) groups is 2. The Kier molecular flexibility index (Phi) is 3.37. The van der Waals surface area contributed by atoms with Crippen LogP contribution in [0.1, 0.15) is 24.8 Å². The molecule has 2 heterocycles. The van der Waals surface area contributed by atoms with Gasteiger partial charge in [-0.3, -0.25) is 14.5 Å². The van der Waals surface area contributed by atoms with Crippen LogP contribution >= 0.6 is 11.3 Å². The van der Waals surface area contributed by atoms with Crippen molar-refractivity contribution in [3.8, 4) is 0 Å². The van der Waals surface area contributed by atoms with E-state index in [0.29, 0.717) is 5.13 Å². The van der Waals surface area contributed by atoms with Crippen molar-refractivity contribution in [3.05, 3.63) is 5.01 Å². The number of carboxylic acids is 1. The van der Waals surface area contributed by atoms with E-state index >= 15 is 0 Å². The van der Waals surface area contributed by atoms with Gasteiger partial charge in [0, 0.05) is 19.4 Å². The maximum atomic E-state index is 11.7. The predicted molar refractivity (Wildman–Crippen MR) is 62.0 cm³/mol. The first-order valence-corrected chi connectivity index (χ1v) is 6.29. The van der Waals surface area contributed by atoms with E-state index in [2.05, 4.69) is 10.2 Å². The zero-order valence-corrected chi connectivity index (χ0v) is 10.2. The van der Waals surface area contributed by atoms with Crippen molar-refractivity contribution in [2.75, 3.05) is 11.4 Å². The minimum Gasteiger partial charge on any atom is -0.481 e. The molecule has 1 aromatic heterocycles. The van der Waals surface area contributed by atoms with Crippen molar-refractivity contribution in [1.29, 1.82) is 0 Å². The van der Waals surface area contributed by atoms with E-state index in [1.54, 1.807) is 0 Å². The zero-order chi connectivity index (χ0) is 12.4. The Morgan fingerprint density at radius 2 is 2.35 bits per heavy atom. The summed E-state index contributed by atoms with van der Waals surface area (Å²) >= 11 is 1.36. The van der Waals surface area contributed by atoms with E-state index in [1.807, 2.05) is 6.92 Å². The van der Waals surface area contributed by atoms with Crippen LogP contribution in [-0.4, -0.2) is 33.7 Å². The molecule has 92 valence electrons. The topological polar surface area (TPSA) is 83.4 Å². The lowest BCUT2D eigenvalue weighted by Gasteiger charge is -2.10. The fourth-order valence-corrected chi connectivity index (χ4v) is 2.69. The van der Waals surface area contributed by atoms with Crippen molar-refractivity contribution in [1.82, 2.24) is 10.2 Å². The highest BCUT2D eigenvalue weighted by Crippen LogP contribution is 2.28. The number of carbonyl (C=O) groups excluding carboxylic acids is 1. The number of aliphatic carboxylic acids is 1. The number of carboxylic acid groups (broad SMARTS) is 1. The molecule has 1 atom stereocenters. The van der Waals surface area contributed by atoms with Gasteiger partial charge in [0.15, 0.2) is 0 Å². The van der Waals surface area contributed by atoms with Gasteiger partial charge in [0.25, 0.3) is 0 Å². The van der Waals surface area contributed by atoms with Crippen LogP contribution in [0.3, 0.4) is 0 Å². The Balaban J connectivity index is 2.11. The van der Waals surface area contributed by atoms with Gasteiger partial charge in [0.1, 0.15) is 5.01 Å². The van der Waals surface area contributed by atoms with Crippen molar-refractivity contribution < 1.29 is 14.7 Å². The molecule has 1 N–H and O–H groups in total. The minimum atomic E-state index is -0.931. The highest BCUT2D eigenvalue weighted by molar-refractivity contribution is 7.15. The van der Waals surface area contributed by atoms with Crippen molar-refractivity contribution in [2.24, 2.45) is 5.92 Å². The lowest BCUT2D eigenvalue weighted by molar-refractivity contribution is -0.141. The van der Waals surface area contributed by atoms with Crippen LogP contribution in [0.2, 0.25) is 0 Å². The van der Waals surface area contributed by atoms with Gasteiger partial charge in [-0.15, -0.1) is 10.2 Å². The van der Waals surface area contributed by atoms with Gasteiger partial charge in [-0.05, 0) is 6.42 Å². The molecular formula is C10H13N3O3S. The molecule has 7 heteroatoms. The fourth-order valence-electron chi connectivity index (χ4n) is 1.73.